The molecule has 1 aromatic heterocycles. The zero-order valence-electron chi connectivity index (χ0n) is 13.1. The van der Waals surface area contributed by atoms with Crippen LogP contribution >= 0.6 is 11.3 Å². The Hall–Kier alpha value is -1.10. The minimum Gasteiger partial charge on any atom is -0.352 e. The van der Waals surface area contributed by atoms with Crippen LogP contribution in [0.25, 0.3) is 0 Å². The van der Waals surface area contributed by atoms with Crippen LogP contribution in [0, 0.1) is 0 Å². The molecular formula is C14H26N4S. The number of nitrogens with zero attached hydrogens (tertiary/aromatic N) is 2. The van der Waals surface area contributed by atoms with E-state index in [9.17, 15) is 0 Å². The van der Waals surface area contributed by atoms with Crippen molar-refractivity contribution in [3.05, 3.63) is 16.1 Å². The number of hydrogen-bond donors (Lipinski definition) is 2. The lowest BCUT2D eigenvalue weighted by molar-refractivity contribution is 0.501. The molecule has 0 atom stereocenters. The molecule has 1 heterocycles. The monoisotopic (exact) mass is 282 g/mol. The summed E-state index contributed by atoms with van der Waals surface area (Å²) in [6, 6.07) is 0. The average Bonchev–Trinajstić information content (AvgIpc) is 2.70. The molecule has 0 bridgehead atoms. The minimum atomic E-state index is 0.000484. The van der Waals surface area contributed by atoms with Crippen LogP contribution in [-0.2, 0) is 12.0 Å². The molecule has 0 aliphatic rings. The molecule has 0 aliphatic heterocycles. The molecule has 0 saturated carbocycles. The molecule has 1 rings (SSSR count). The molecule has 108 valence electrons. The number of thiazole rings is 1. The van der Waals surface area contributed by atoms with E-state index in [1.807, 2.05) is 0 Å². The zero-order chi connectivity index (χ0) is 14.7. The van der Waals surface area contributed by atoms with E-state index >= 15 is 0 Å². The zero-order valence-corrected chi connectivity index (χ0v) is 13.9. The van der Waals surface area contributed by atoms with Crippen molar-refractivity contribution in [3.63, 3.8) is 0 Å². The number of aliphatic imine (C=N–C) groups is 1. The predicted molar refractivity (Wildman–Crippen MR) is 83.9 cm³/mol. The number of aromatic nitrogens is 1. The van der Waals surface area contributed by atoms with Gasteiger partial charge >= 0.3 is 0 Å². The van der Waals surface area contributed by atoms with Gasteiger partial charge in [-0.05, 0) is 20.8 Å². The average molecular weight is 282 g/mol. The summed E-state index contributed by atoms with van der Waals surface area (Å²) in [5.74, 6) is 0.804. The van der Waals surface area contributed by atoms with Gasteiger partial charge in [0.15, 0.2) is 5.96 Å². The van der Waals surface area contributed by atoms with Crippen LogP contribution in [0.5, 0.6) is 0 Å². The molecule has 2 N–H and O–H groups in total. The first-order chi connectivity index (χ1) is 8.62. The van der Waals surface area contributed by atoms with Crippen LogP contribution in [0.15, 0.2) is 10.4 Å². The lowest BCUT2D eigenvalue weighted by Gasteiger charge is -2.23. The van der Waals surface area contributed by atoms with Crippen molar-refractivity contribution in [1.82, 2.24) is 15.6 Å². The SMILES string of the molecule is CN=C(NCc1csc(C(C)(C)C)n1)NC(C)(C)C. The summed E-state index contributed by atoms with van der Waals surface area (Å²) in [7, 11) is 1.78. The summed E-state index contributed by atoms with van der Waals surface area (Å²) in [5.41, 5.74) is 1.18. The third kappa shape index (κ3) is 5.59. The molecule has 0 amide bonds. The highest BCUT2D eigenvalue weighted by Gasteiger charge is 2.18. The van der Waals surface area contributed by atoms with E-state index in [0.717, 1.165) is 11.7 Å². The Morgan fingerprint density at radius 3 is 2.32 bits per heavy atom. The number of nitrogens with one attached hydrogen (secondary N) is 2. The van der Waals surface area contributed by atoms with E-state index < -0.39 is 0 Å². The van der Waals surface area contributed by atoms with Gasteiger partial charge in [-0.25, -0.2) is 4.98 Å². The van der Waals surface area contributed by atoms with Gasteiger partial charge in [0.2, 0.25) is 0 Å². The minimum absolute atomic E-state index is 0.000484. The van der Waals surface area contributed by atoms with E-state index in [4.69, 9.17) is 0 Å². The topological polar surface area (TPSA) is 49.3 Å². The van der Waals surface area contributed by atoms with Crippen LogP contribution in [0.3, 0.4) is 0 Å². The highest BCUT2D eigenvalue weighted by Crippen LogP contribution is 2.25. The molecule has 0 unspecified atom stereocenters. The van der Waals surface area contributed by atoms with Gasteiger partial charge in [0.05, 0.1) is 17.2 Å². The first-order valence-electron chi connectivity index (χ1n) is 6.55. The fourth-order valence-electron chi connectivity index (χ4n) is 1.44. The van der Waals surface area contributed by atoms with E-state index in [1.165, 1.54) is 5.01 Å². The lowest BCUT2D eigenvalue weighted by Crippen LogP contribution is -2.47. The van der Waals surface area contributed by atoms with Crippen molar-refractivity contribution in [1.29, 1.82) is 0 Å². The van der Waals surface area contributed by atoms with Gasteiger partial charge in [0.25, 0.3) is 0 Å². The largest absolute Gasteiger partial charge is 0.352 e. The third-order valence-corrected chi connectivity index (χ3v) is 3.66. The van der Waals surface area contributed by atoms with Crippen molar-refractivity contribution in [3.8, 4) is 0 Å². The number of hydrogen-bond acceptors (Lipinski definition) is 3. The van der Waals surface area contributed by atoms with Crippen LogP contribution < -0.4 is 10.6 Å². The van der Waals surface area contributed by atoms with Gasteiger partial charge in [0, 0.05) is 23.4 Å². The van der Waals surface area contributed by atoms with Gasteiger partial charge in [0.1, 0.15) is 0 Å². The Morgan fingerprint density at radius 2 is 1.89 bits per heavy atom. The highest BCUT2D eigenvalue weighted by molar-refractivity contribution is 7.09. The third-order valence-electron chi connectivity index (χ3n) is 2.35. The summed E-state index contributed by atoms with van der Waals surface area (Å²) in [5, 5.41) is 9.90. The molecule has 0 saturated heterocycles. The molecule has 19 heavy (non-hydrogen) atoms. The van der Waals surface area contributed by atoms with Gasteiger partial charge in [-0.15, -0.1) is 11.3 Å². The molecular weight excluding hydrogens is 256 g/mol. The van der Waals surface area contributed by atoms with E-state index in [2.05, 4.69) is 67.5 Å². The normalized spacial score (nSPS) is 13.5. The van der Waals surface area contributed by atoms with Crippen LogP contribution in [0.4, 0.5) is 0 Å². The first kappa shape index (κ1) is 16.0. The fourth-order valence-corrected chi connectivity index (χ4v) is 2.35. The molecule has 5 heteroatoms. The maximum atomic E-state index is 4.66. The van der Waals surface area contributed by atoms with Crippen molar-refractivity contribution >= 4 is 17.3 Å². The Morgan fingerprint density at radius 1 is 1.26 bits per heavy atom. The summed E-state index contributed by atoms with van der Waals surface area (Å²) in [4.78, 5) is 8.87. The Bertz CT molecular complexity index is 435. The maximum absolute atomic E-state index is 4.66. The molecule has 4 nitrogen and oxygen atoms in total. The van der Waals surface area contributed by atoms with Gasteiger partial charge < -0.3 is 10.6 Å². The summed E-state index contributed by atoms with van der Waals surface area (Å²) >= 11 is 1.72. The predicted octanol–water partition coefficient (Wildman–Crippen LogP) is 2.90. The van der Waals surface area contributed by atoms with Crippen molar-refractivity contribution < 1.29 is 0 Å². The molecule has 1 aromatic rings. The fraction of sp³-hybridized carbons (Fsp3) is 0.714. The van der Waals surface area contributed by atoms with Crippen molar-refractivity contribution in [2.24, 2.45) is 4.99 Å². The molecule has 0 fully saturated rings. The lowest BCUT2D eigenvalue weighted by atomic mass is 9.98. The number of rotatable bonds is 2. The quantitative estimate of drug-likeness (QED) is 0.648. The second-order valence-electron chi connectivity index (χ2n) is 6.69. The van der Waals surface area contributed by atoms with E-state index in [1.54, 1.807) is 18.4 Å². The van der Waals surface area contributed by atoms with Crippen LogP contribution in [-0.4, -0.2) is 23.5 Å². The van der Waals surface area contributed by atoms with Gasteiger partial charge in [-0.1, -0.05) is 20.8 Å². The van der Waals surface area contributed by atoms with Crippen LogP contribution in [0.1, 0.15) is 52.2 Å². The van der Waals surface area contributed by atoms with Crippen molar-refractivity contribution in [2.75, 3.05) is 7.05 Å². The first-order valence-corrected chi connectivity index (χ1v) is 7.43. The van der Waals surface area contributed by atoms with Crippen LogP contribution in [0.2, 0.25) is 0 Å². The summed E-state index contributed by atoms with van der Waals surface area (Å²) in [6.45, 7) is 13.6. The molecule has 0 radical (unpaired) electrons. The Labute approximate surface area is 120 Å². The van der Waals surface area contributed by atoms with E-state index in [0.29, 0.717) is 6.54 Å². The van der Waals surface area contributed by atoms with E-state index in [-0.39, 0.29) is 11.0 Å². The second-order valence-corrected chi connectivity index (χ2v) is 7.55. The molecule has 0 spiro atoms. The Kier molecular flexibility index (Phi) is 4.96. The molecule has 0 aliphatic carbocycles. The summed E-state index contributed by atoms with van der Waals surface area (Å²) in [6.07, 6.45) is 0. The maximum Gasteiger partial charge on any atom is 0.191 e. The van der Waals surface area contributed by atoms with Crippen molar-refractivity contribution in [2.45, 2.75) is 59.0 Å². The van der Waals surface area contributed by atoms with Gasteiger partial charge in [-0.3, -0.25) is 4.99 Å². The highest BCUT2D eigenvalue weighted by atomic mass is 32.1. The standard InChI is InChI=1S/C14H26N4S/c1-13(2,3)11-17-10(9-19-11)8-16-12(15-7)18-14(4,5)6/h9H,8H2,1-7H3,(H2,15,16,18). The number of guanidine groups is 1. The van der Waals surface area contributed by atoms with Gasteiger partial charge in [-0.2, -0.15) is 0 Å². The second kappa shape index (κ2) is 5.90. The Balaban J connectivity index is 2.59. The summed E-state index contributed by atoms with van der Waals surface area (Å²) < 4.78 is 0. The molecule has 0 aromatic carbocycles. The smallest absolute Gasteiger partial charge is 0.191 e.